The molecule has 0 bridgehead atoms. The van der Waals surface area contributed by atoms with Crippen molar-refractivity contribution in [1.82, 2.24) is 19.7 Å². The third kappa shape index (κ3) is 8.83. The molecule has 3 N–H and O–H groups in total. The van der Waals surface area contributed by atoms with Crippen molar-refractivity contribution in [3.63, 3.8) is 0 Å². The first-order valence-corrected chi connectivity index (χ1v) is 17.2. The fourth-order valence-electron chi connectivity index (χ4n) is 7.10. The number of nitrogens with one attached hydrogen (secondary N) is 1. The van der Waals surface area contributed by atoms with E-state index in [0.717, 1.165) is 93.0 Å². The van der Waals surface area contributed by atoms with Gasteiger partial charge < -0.3 is 25.1 Å². The molecule has 4 aromatic rings. The minimum Gasteiger partial charge on any atom is -0.496 e. The van der Waals surface area contributed by atoms with Crippen LogP contribution < -0.4 is 20.5 Å². The number of aryl methyl sites for hydroxylation is 1. The lowest BCUT2D eigenvalue weighted by molar-refractivity contribution is -0.274. The number of Topliss-reactive ketones (excluding diaryl/α,β-unsaturated/α-hetero) is 1. The second-order valence-electron chi connectivity index (χ2n) is 13.3. The molecule has 262 valence electrons. The van der Waals surface area contributed by atoms with Gasteiger partial charge >= 0.3 is 6.36 Å². The molecule has 6 rings (SSSR count). The number of fused-ring (bicyclic) bond motifs is 1. The Balaban J connectivity index is 1.15. The van der Waals surface area contributed by atoms with Crippen LogP contribution in [0.2, 0.25) is 0 Å². The van der Waals surface area contributed by atoms with Crippen molar-refractivity contribution in [3.8, 4) is 22.6 Å². The van der Waals surface area contributed by atoms with Crippen molar-refractivity contribution in [2.24, 2.45) is 5.73 Å². The number of ether oxygens (including phenoxy) is 2. The predicted octanol–water partition coefficient (Wildman–Crippen LogP) is 6.35. The van der Waals surface area contributed by atoms with Crippen molar-refractivity contribution >= 4 is 16.7 Å². The molecule has 0 spiro atoms. The predicted molar refractivity (Wildman–Crippen MR) is 185 cm³/mol. The fourth-order valence-corrected chi connectivity index (χ4v) is 7.10. The number of piperazine rings is 1. The first-order chi connectivity index (χ1) is 23.6. The van der Waals surface area contributed by atoms with E-state index in [2.05, 4.69) is 54.9 Å². The molecule has 2 saturated heterocycles. The van der Waals surface area contributed by atoms with E-state index in [0.29, 0.717) is 25.8 Å². The van der Waals surface area contributed by atoms with Gasteiger partial charge in [-0.05, 0) is 80.2 Å². The summed E-state index contributed by atoms with van der Waals surface area (Å²) in [6.45, 7) is 7.72. The van der Waals surface area contributed by atoms with Gasteiger partial charge in [-0.15, -0.1) is 13.2 Å². The van der Waals surface area contributed by atoms with Gasteiger partial charge in [0.05, 0.1) is 12.6 Å². The Kier molecular flexibility index (Phi) is 10.9. The van der Waals surface area contributed by atoms with Crippen LogP contribution in [0.25, 0.3) is 22.0 Å². The molecule has 3 heterocycles. The Morgan fingerprint density at radius 1 is 0.918 bits per heavy atom. The molecule has 2 aliphatic rings. The van der Waals surface area contributed by atoms with Gasteiger partial charge in [-0.3, -0.25) is 14.6 Å². The fraction of sp³-hybridized carbons (Fsp3) is 0.447. The van der Waals surface area contributed by atoms with Gasteiger partial charge in [0.25, 0.3) is 0 Å². The number of hydrogen-bond acceptors (Lipinski definition) is 7. The first-order valence-electron chi connectivity index (χ1n) is 17.2. The minimum absolute atomic E-state index is 0.137. The average molecular weight is 678 g/mol. The van der Waals surface area contributed by atoms with E-state index in [-0.39, 0.29) is 11.5 Å². The largest absolute Gasteiger partial charge is 0.573 e. The van der Waals surface area contributed by atoms with E-state index < -0.39 is 11.9 Å². The number of nitrogens with two attached hydrogens (primary N) is 1. The SMILES string of the molecule is COc1ccccc1CN1CCN(Cc2ccc3c(c2)c(-c2ccc(OC(F)(F)F)cc2)cn3CCCCC(=O)C2(N)CCNCC2)CC1. The third-order valence-electron chi connectivity index (χ3n) is 9.91. The van der Waals surface area contributed by atoms with Crippen molar-refractivity contribution in [3.05, 3.63) is 84.1 Å². The Labute approximate surface area is 285 Å². The smallest absolute Gasteiger partial charge is 0.496 e. The van der Waals surface area contributed by atoms with Crippen molar-refractivity contribution < 1.29 is 27.4 Å². The highest BCUT2D eigenvalue weighted by Gasteiger charge is 2.34. The maximum absolute atomic E-state index is 12.9. The summed E-state index contributed by atoms with van der Waals surface area (Å²) >= 11 is 0. The second-order valence-corrected chi connectivity index (χ2v) is 13.3. The van der Waals surface area contributed by atoms with Gasteiger partial charge in [-0.25, -0.2) is 0 Å². The van der Waals surface area contributed by atoms with Gasteiger partial charge in [0.15, 0.2) is 5.78 Å². The lowest BCUT2D eigenvalue weighted by atomic mass is 9.83. The van der Waals surface area contributed by atoms with Crippen LogP contribution in [0.15, 0.2) is 72.9 Å². The number of ketones is 1. The number of nitrogens with zero attached hydrogens (tertiary/aromatic N) is 3. The molecular formula is C38H46F3N5O3. The summed E-state index contributed by atoms with van der Waals surface area (Å²) in [4.78, 5) is 17.8. The van der Waals surface area contributed by atoms with E-state index in [1.165, 1.54) is 23.3 Å². The molecule has 2 aliphatic heterocycles. The molecule has 0 atom stereocenters. The number of rotatable bonds is 13. The van der Waals surface area contributed by atoms with E-state index in [4.69, 9.17) is 10.5 Å². The van der Waals surface area contributed by atoms with E-state index in [1.807, 2.05) is 18.2 Å². The number of alkyl halides is 3. The summed E-state index contributed by atoms with van der Waals surface area (Å²) in [6, 6.07) is 20.7. The number of halogens is 3. The van der Waals surface area contributed by atoms with Gasteiger partial charge in [0.2, 0.25) is 0 Å². The molecule has 0 saturated carbocycles. The van der Waals surface area contributed by atoms with Crippen molar-refractivity contribution in [2.75, 3.05) is 46.4 Å². The molecule has 0 amide bonds. The Hall–Kier alpha value is -3.90. The Bertz CT molecular complexity index is 1710. The average Bonchev–Trinajstić information content (AvgIpc) is 3.45. The molecule has 0 unspecified atom stereocenters. The molecular weight excluding hydrogens is 631 g/mol. The number of unbranched alkanes of at least 4 members (excludes halogenated alkanes) is 1. The van der Waals surface area contributed by atoms with Crippen molar-refractivity contribution in [2.45, 2.75) is 63.6 Å². The topological polar surface area (TPSA) is 85.0 Å². The number of piperidine rings is 1. The zero-order valence-electron chi connectivity index (χ0n) is 28.1. The number of para-hydroxylation sites is 1. The number of carbonyl (C=O) groups is 1. The van der Waals surface area contributed by atoms with E-state index in [1.54, 1.807) is 19.2 Å². The molecule has 1 aromatic heterocycles. The van der Waals surface area contributed by atoms with Crippen LogP contribution >= 0.6 is 0 Å². The van der Waals surface area contributed by atoms with Gasteiger partial charge in [-0.1, -0.05) is 36.4 Å². The summed E-state index contributed by atoms with van der Waals surface area (Å²) in [5.41, 5.74) is 10.9. The lowest BCUT2D eigenvalue weighted by Gasteiger charge is -2.35. The highest BCUT2D eigenvalue weighted by molar-refractivity contribution is 5.96. The van der Waals surface area contributed by atoms with E-state index >= 15 is 0 Å². The summed E-state index contributed by atoms with van der Waals surface area (Å²) in [6.07, 6.45) is 0.679. The molecule has 0 aliphatic carbocycles. The monoisotopic (exact) mass is 677 g/mol. The summed E-state index contributed by atoms with van der Waals surface area (Å²) in [7, 11) is 1.71. The number of aromatic nitrogens is 1. The maximum atomic E-state index is 12.9. The Morgan fingerprint density at radius 2 is 1.61 bits per heavy atom. The number of carbonyl (C=O) groups excluding carboxylic acids is 1. The highest BCUT2D eigenvalue weighted by Crippen LogP contribution is 2.34. The van der Waals surface area contributed by atoms with Crippen LogP contribution in [0.4, 0.5) is 13.2 Å². The number of hydrogen-bond donors (Lipinski definition) is 2. The van der Waals surface area contributed by atoms with Gasteiger partial charge in [0.1, 0.15) is 11.5 Å². The minimum atomic E-state index is -4.74. The van der Waals surface area contributed by atoms with Crippen molar-refractivity contribution in [1.29, 1.82) is 0 Å². The molecule has 2 fully saturated rings. The van der Waals surface area contributed by atoms with Gasteiger partial charge in [-0.2, -0.15) is 0 Å². The van der Waals surface area contributed by atoms with Crippen LogP contribution in [0.1, 0.15) is 43.2 Å². The lowest BCUT2D eigenvalue weighted by Crippen LogP contribution is -2.54. The zero-order valence-corrected chi connectivity index (χ0v) is 28.1. The maximum Gasteiger partial charge on any atom is 0.573 e. The molecule has 3 aromatic carbocycles. The molecule has 11 heteroatoms. The van der Waals surface area contributed by atoms with Crippen LogP contribution in [0.5, 0.6) is 11.5 Å². The van der Waals surface area contributed by atoms with Crippen LogP contribution in [-0.2, 0) is 24.4 Å². The molecule has 49 heavy (non-hydrogen) atoms. The van der Waals surface area contributed by atoms with Crippen LogP contribution in [0, 0.1) is 0 Å². The van der Waals surface area contributed by atoms with E-state index in [9.17, 15) is 18.0 Å². The normalized spacial score (nSPS) is 17.3. The molecule has 0 radical (unpaired) electrons. The summed E-state index contributed by atoms with van der Waals surface area (Å²) in [5, 5.41) is 4.31. The summed E-state index contributed by atoms with van der Waals surface area (Å²) in [5.74, 6) is 0.804. The quantitative estimate of drug-likeness (QED) is 0.160. The zero-order chi connectivity index (χ0) is 34.4. The Morgan fingerprint density at radius 3 is 2.31 bits per heavy atom. The number of methoxy groups -OCH3 is 1. The third-order valence-corrected chi connectivity index (χ3v) is 9.91. The summed E-state index contributed by atoms with van der Waals surface area (Å²) < 4.78 is 50.3. The second kappa shape index (κ2) is 15.3. The first kappa shape index (κ1) is 34.9. The van der Waals surface area contributed by atoms with Crippen LogP contribution in [-0.4, -0.2) is 78.4 Å². The standard InChI is InChI=1S/C38H46F3N5O3/c1-48-35-7-3-2-6-30(35)26-45-22-20-44(21-23-45)25-28-9-14-34-32(24-28)33(29-10-12-31(13-11-29)49-38(39,40)41)27-46(34)19-5-4-8-36(47)37(42)15-17-43-18-16-37/h2-3,6-7,9-14,24,27,43H,4-5,8,15-23,25-26,42H2,1H3. The van der Waals surface area contributed by atoms with Gasteiger partial charge in [0, 0.05) is 80.5 Å². The molecule has 8 nitrogen and oxygen atoms in total. The van der Waals surface area contributed by atoms with Crippen LogP contribution in [0.3, 0.4) is 0 Å². The highest BCUT2D eigenvalue weighted by atomic mass is 19.4. The number of benzene rings is 3.